The zero-order chi connectivity index (χ0) is 7.72. The Balaban J connectivity index is 2.38. The van der Waals surface area contributed by atoms with Gasteiger partial charge in [0.05, 0.1) is 11.4 Å². The Hall–Kier alpha value is 0.0700. The zero-order valence-electron chi connectivity index (χ0n) is 5.86. The highest BCUT2D eigenvalue weighted by atomic mass is 32.2. The SMILES string of the molecule is C[C@H]([C@@H](O)C1CC1)S(=O)O. The molecule has 0 amide bonds. The Labute approximate surface area is 62.7 Å². The summed E-state index contributed by atoms with van der Waals surface area (Å²) in [4.78, 5) is 0. The lowest BCUT2D eigenvalue weighted by molar-refractivity contribution is 0.149. The van der Waals surface area contributed by atoms with E-state index in [1.807, 2.05) is 0 Å². The highest BCUT2D eigenvalue weighted by molar-refractivity contribution is 7.79. The van der Waals surface area contributed by atoms with Crippen molar-refractivity contribution in [3.05, 3.63) is 0 Å². The minimum Gasteiger partial charge on any atom is -0.392 e. The summed E-state index contributed by atoms with van der Waals surface area (Å²) in [6, 6.07) is 0. The molecule has 0 aromatic carbocycles. The minimum atomic E-state index is -1.87. The molecule has 0 aromatic heterocycles. The second kappa shape index (κ2) is 2.98. The first kappa shape index (κ1) is 8.17. The van der Waals surface area contributed by atoms with Gasteiger partial charge < -0.3 is 9.66 Å². The summed E-state index contributed by atoms with van der Waals surface area (Å²) in [5, 5.41) is 8.78. The molecule has 10 heavy (non-hydrogen) atoms. The van der Waals surface area contributed by atoms with Gasteiger partial charge in [0.15, 0.2) is 11.1 Å². The molecule has 0 bridgehead atoms. The summed E-state index contributed by atoms with van der Waals surface area (Å²) >= 11 is -1.87. The third-order valence-electron chi connectivity index (χ3n) is 1.90. The number of aliphatic hydroxyl groups excluding tert-OH is 1. The first-order chi connectivity index (χ1) is 4.63. The molecule has 0 aromatic rings. The monoisotopic (exact) mass is 164 g/mol. The largest absolute Gasteiger partial charge is 0.392 e. The van der Waals surface area contributed by atoms with Crippen molar-refractivity contribution in [2.75, 3.05) is 0 Å². The zero-order valence-corrected chi connectivity index (χ0v) is 6.67. The lowest BCUT2D eigenvalue weighted by atomic mass is 10.2. The van der Waals surface area contributed by atoms with Gasteiger partial charge in [-0.05, 0) is 25.7 Å². The van der Waals surface area contributed by atoms with Crippen molar-refractivity contribution < 1.29 is 13.9 Å². The van der Waals surface area contributed by atoms with Crippen molar-refractivity contribution in [3.63, 3.8) is 0 Å². The first-order valence-electron chi connectivity index (χ1n) is 3.40. The molecule has 1 fully saturated rings. The van der Waals surface area contributed by atoms with E-state index in [4.69, 9.17) is 4.55 Å². The fraction of sp³-hybridized carbons (Fsp3) is 1.00. The van der Waals surface area contributed by atoms with Gasteiger partial charge >= 0.3 is 0 Å². The van der Waals surface area contributed by atoms with Crippen molar-refractivity contribution in [1.29, 1.82) is 0 Å². The van der Waals surface area contributed by atoms with E-state index in [0.717, 1.165) is 12.8 Å². The molecule has 0 radical (unpaired) electrons. The smallest absolute Gasteiger partial charge is 0.158 e. The molecular weight excluding hydrogens is 152 g/mol. The van der Waals surface area contributed by atoms with Crippen LogP contribution in [0.25, 0.3) is 0 Å². The summed E-state index contributed by atoms with van der Waals surface area (Å²) < 4.78 is 19.0. The average molecular weight is 164 g/mol. The van der Waals surface area contributed by atoms with Crippen molar-refractivity contribution >= 4 is 11.1 Å². The predicted octanol–water partition coefficient (Wildman–Crippen LogP) is 0.368. The Bertz CT molecular complexity index is 144. The Kier molecular flexibility index (Phi) is 2.44. The molecule has 1 rings (SSSR count). The summed E-state index contributed by atoms with van der Waals surface area (Å²) in [5.41, 5.74) is 0. The van der Waals surface area contributed by atoms with E-state index < -0.39 is 22.4 Å². The van der Waals surface area contributed by atoms with Gasteiger partial charge in [-0.1, -0.05) is 0 Å². The lowest BCUT2D eigenvalue weighted by Gasteiger charge is -2.13. The molecular formula is C6H12O3S. The van der Waals surface area contributed by atoms with E-state index in [2.05, 4.69) is 0 Å². The topological polar surface area (TPSA) is 57.5 Å². The molecule has 4 heteroatoms. The Morgan fingerprint density at radius 2 is 2.10 bits per heavy atom. The van der Waals surface area contributed by atoms with E-state index >= 15 is 0 Å². The minimum absolute atomic E-state index is 0.283. The molecule has 0 heterocycles. The van der Waals surface area contributed by atoms with Crippen LogP contribution in [0.2, 0.25) is 0 Å². The maximum absolute atomic E-state index is 10.4. The summed E-state index contributed by atoms with van der Waals surface area (Å²) in [5.74, 6) is 0.283. The van der Waals surface area contributed by atoms with Gasteiger partial charge in [0.25, 0.3) is 0 Å². The van der Waals surface area contributed by atoms with Crippen LogP contribution in [0.5, 0.6) is 0 Å². The number of hydrogen-bond acceptors (Lipinski definition) is 2. The summed E-state index contributed by atoms with van der Waals surface area (Å²) in [6.07, 6.45) is 1.43. The first-order valence-corrected chi connectivity index (χ1v) is 4.57. The molecule has 3 atom stereocenters. The second-order valence-corrected chi connectivity index (χ2v) is 4.11. The standard InChI is InChI=1S/C6H12O3S/c1-4(10(8)9)6(7)5-2-3-5/h4-7H,2-3H2,1H3,(H,8,9)/t4-,6-/m1/s1. The van der Waals surface area contributed by atoms with E-state index in [0.29, 0.717) is 0 Å². The molecule has 0 spiro atoms. The van der Waals surface area contributed by atoms with Crippen LogP contribution in [-0.2, 0) is 11.1 Å². The molecule has 0 saturated heterocycles. The number of hydrogen-bond donors (Lipinski definition) is 2. The van der Waals surface area contributed by atoms with E-state index in [1.54, 1.807) is 6.92 Å². The van der Waals surface area contributed by atoms with Gasteiger partial charge in [0.2, 0.25) is 0 Å². The molecule has 1 aliphatic rings. The summed E-state index contributed by atoms with van der Waals surface area (Å²) in [6.45, 7) is 1.60. The maximum atomic E-state index is 10.4. The van der Waals surface area contributed by atoms with Crippen LogP contribution in [0.4, 0.5) is 0 Å². The van der Waals surface area contributed by atoms with Gasteiger partial charge in [-0.15, -0.1) is 0 Å². The average Bonchev–Trinajstić information content (AvgIpc) is 2.65. The fourth-order valence-corrected chi connectivity index (χ4v) is 1.40. The van der Waals surface area contributed by atoms with Gasteiger partial charge in [0, 0.05) is 0 Å². The fourth-order valence-electron chi connectivity index (χ4n) is 0.940. The van der Waals surface area contributed by atoms with Crippen molar-refractivity contribution in [2.24, 2.45) is 5.92 Å². The number of rotatable bonds is 3. The second-order valence-electron chi connectivity index (χ2n) is 2.81. The van der Waals surface area contributed by atoms with Crippen LogP contribution in [0, 0.1) is 5.92 Å². The third kappa shape index (κ3) is 1.78. The number of aliphatic hydroxyl groups is 1. The van der Waals surface area contributed by atoms with Crippen molar-refractivity contribution in [2.45, 2.75) is 31.1 Å². The van der Waals surface area contributed by atoms with Crippen LogP contribution in [0.15, 0.2) is 0 Å². The van der Waals surface area contributed by atoms with E-state index in [-0.39, 0.29) is 5.92 Å². The summed E-state index contributed by atoms with van der Waals surface area (Å²) in [7, 11) is 0. The molecule has 0 aliphatic heterocycles. The Morgan fingerprint density at radius 1 is 1.60 bits per heavy atom. The molecule has 60 valence electrons. The Morgan fingerprint density at radius 3 is 2.40 bits per heavy atom. The van der Waals surface area contributed by atoms with Crippen LogP contribution in [-0.4, -0.2) is 25.2 Å². The molecule has 1 saturated carbocycles. The van der Waals surface area contributed by atoms with Gasteiger partial charge in [-0.25, -0.2) is 4.21 Å². The maximum Gasteiger partial charge on any atom is 0.158 e. The van der Waals surface area contributed by atoms with E-state index in [1.165, 1.54) is 0 Å². The molecule has 2 N–H and O–H groups in total. The van der Waals surface area contributed by atoms with Crippen LogP contribution < -0.4 is 0 Å². The highest BCUT2D eigenvalue weighted by Crippen LogP contribution is 2.34. The van der Waals surface area contributed by atoms with Crippen LogP contribution >= 0.6 is 0 Å². The van der Waals surface area contributed by atoms with Crippen molar-refractivity contribution in [1.82, 2.24) is 0 Å². The van der Waals surface area contributed by atoms with Gasteiger partial charge in [-0.2, -0.15) is 0 Å². The van der Waals surface area contributed by atoms with Gasteiger partial charge in [0.1, 0.15) is 0 Å². The van der Waals surface area contributed by atoms with Crippen LogP contribution in [0.3, 0.4) is 0 Å². The quantitative estimate of drug-likeness (QED) is 0.592. The van der Waals surface area contributed by atoms with Crippen molar-refractivity contribution in [3.8, 4) is 0 Å². The predicted molar refractivity (Wildman–Crippen MR) is 39.0 cm³/mol. The van der Waals surface area contributed by atoms with E-state index in [9.17, 15) is 9.32 Å². The van der Waals surface area contributed by atoms with Gasteiger partial charge in [-0.3, -0.25) is 0 Å². The molecule has 1 unspecified atom stereocenters. The normalized spacial score (nSPS) is 27.5. The molecule has 3 nitrogen and oxygen atoms in total. The van der Waals surface area contributed by atoms with Crippen LogP contribution in [0.1, 0.15) is 19.8 Å². The lowest BCUT2D eigenvalue weighted by Crippen LogP contribution is -2.28. The highest BCUT2D eigenvalue weighted by Gasteiger charge is 2.35. The molecule has 1 aliphatic carbocycles. The third-order valence-corrected chi connectivity index (χ3v) is 2.82.